The minimum absolute atomic E-state index is 0.137. The van der Waals surface area contributed by atoms with Gasteiger partial charge >= 0.3 is 6.03 Å². The number of piperidine rings is 1. The summed E-state index contributed by atoms with van der Waals surface area (Å²) in [7, 11) is 0. The highest BCUT2D eigenvalue weighted by Crippen LogP contribution is 2.13. The summed E-state index contributed by atoms with van der Waals surface area (Å²) in [4.78, 5) is 18.3. The van der Waals surface area contributed by atoms with Gasteiger partial charge in [-0.1, -0.05) is 0 Å². The number of carbonyl (C=O) groups is 1. The van der Waals surface area contributed by atoms with Crippen molar-refractivity contribution >= 4 is 6.03 Å². The Bertz CT molecular complexity index is 479. The molecule has 6 heteroatoms. The summed E-state index contributed by atoms with van der Waals surface area (Å²) in [5, 5.41) is 15.4. The Kier molecular flexibility index (Phi) is 6.36. The van der Waals surface area contributed by atoms with Gasteiger partial charge in [0.15, 0.2) is 0 Å². The maximum absolute atomic E-state index is 11.8. The number of likely N-dealkylation sites (tertiary alicyclic amines) is 1. The first-order chi connectivity index (χ1) is 10.9. The molecule has 0 aliphatic carbocycles. The van der Waals surface area contributed by atoms with Crippen LogP contribution in [0.3, 0.4) is 0 Å². The Labute approximate surface area is 138 Å². The van der Waals surface area contributed by atoms with Crippen LogP contribution in [0.15, 0.2) is 24.5 Å². The zero-order valence-electron chi connectivity index (χ0n) is 14.1. The molecule has 2 heterocycles. The Morgan fingerprint density at radius 2 is 2.00 bits per heavy atom. The van der Waals surface area contributed by atoms with Gasteiger partial charge in [0.05, 0.1) is 5.60 Å². The van der Waals surface area contributed by atoms with Crippen LogP contribution in [0, 0.1) is 0 Å². The summed E-state index contributed by atoms with van der Waals surface area (Å²) in [5.41, 5.74) is 0.529. The molecule has 3 N–H and O–H groups in total. The van der Waals surface area contributed by atoms with E-state index >= 15 is 0 Å². The SMILES string of the molecule is CC(C)(O)CCNC(=O)NC1CCN(Cc2ccncc2)CC1. The second-order valence-corrected chi connectivity index (χ2v) is 6.87. The summed E-state index contributed by atoms with van der Waals surface area (Å²) >= 11 is 0. The molecule has 0 unspecified atom stereocenters. The third kappa shape index (κ3) is 6.97. The van der Waals surface area contributed by atoms with Gasteiger partial charge in [-0.25, -0.2) is 4.79 Å². The Morgan fingerprint density at radius 3 is 2.61 bits per heavy atom. The van der Waals surface area contributed by atoms with Crippen LogP contribution in [-0.2, 0) is 6.54 Å². The monoisotopic (exact) mass is 320 g/mol. The zero-order valence-corrected chi connectivity index (χ0v) is 14.1. The number of hydrogen-bond donors (Lipinski definition) is 3. The predicted octanol–water partition coefficient (Wildman–Crippen LogP) is 1.51. The molecule has 0 aromatic carbocycles. The molecule has 1 saturated heterocycles. The van der Waals surface area contributed by atoms with Gasteiger partial charge in [-0.05, 0) is 50.8 Å². The normalized spacial score (nSPS) is 17.0. The van der Waals surface area contributed by atoms with Crippen LogP contribution in [0.4, 0.5) is 4.79 Å². The third-order valence-corrected chi connectivity index (χ3v) is 4.10. The number of aliphatic hydroxyl groups is 1. The number of nitrogens with zero attached hydrogens (tertiary/aromatic N) is 2. The van der Waals surface area contributed by atoms with E-state index in [9.17, 15) is 9.90 Å². The third-order valence-electron chi connectivity index (χ3n) is 4.10. The summed E-state index contributed by atoms with van der Waals surface area (Å²) in [5.74, 6) is 0. The van der Waals surface area contributed by atoms with E-state index in [-0.39, 0.29) is 12.1 Å². The van der Waals surface area contributed by atoms with Crippen molar-refractivity contribution in [2.24, 2.45) is 0 Å². The fourth-order valence-electron chi connectivity index (χ4n) is 2.70. The van der Waals surface area contributed by atoms with E-state index in [1.54, 1.807) is 13.8 Å². The van der Waals surface area contributed by atoms with Crippen molar-refractivity contribution in [3.05, 3.63) is 30.1 Å². The van der Waals surface area contributed by atoms with E-state index in [1.165, 1.54) is 5.56 Å². The molecular formula is C17H28N4O2. The molecule has 1 aliphatic rings. The van der Waals surface area contributed by atoms with Crippen LogP contribution in [0.1, 0.15) is 38.7 Å². The highest BCUT2D eigenvalue weighted by molar-refractivity contribution is 5.74. The van der Waals surface area contributed by atoms with E-state index in [1.807, 2.05) is 24.5 Å². The second-order valence-electron chi connectivity index (χ2n) is 6.87. The van der Waals surface area contributed by atoms with Gasteiger partial charge in [-0.2, -0.15) is 0 Å². The van der Waals surface area contributed by atoms with Crippen molar-refractivity contribution in [3.63, 3.8) is 0 Å². The largest absolute Gasteiger partial charge is 0.390 e. The molecule has 1 aromatic rings. The number of urea groups is 1. The average Bonchev–Trinajstić information content (AvgIpc) is 2.49. The van der Waals surface area contributed by atoms with E-state index < -0.39 is 5.60 Å². The number of aromatic nitrogens is 1. The van der Waals surface area contributed by atoms with Gasteiger partial charge in [0, 0.05) is 44.6 Å². The lowest BCUT2D eigenvalue weighted by molar-refractivity contribution is 0.0719. The molecule has 6 nitrogen and oxygen atoms in total. The molecule has 23 heavy (non-hydrogen) atoms. The molecule has 128 valence electrons. The first-order valence-corrected chi connectivity index (χ1v) is 8.30. The fourth-order valence-corrected chi connectivity index (χ4v) is 2.70. The molecule has 0 atom stereocenters. The van der Waals surface area contributed by atoms with Crippen molar-refractivity contribution in [1.29, 1.82) is 0 Å². The molecule has 0 radical (unpaired) electrons. The van der Waals surface area contributed by atoms with Crippen molar-refractivity contribution in [2.45, 2.75) is 51.3 Å². The Balaban J connectivity index is 1.63. The van der Waals surface area contributed by atoms with Crippen LogP contribution in [0.5, 0.6) is 0 Å². The number of pyridine rings is 1. The van der Waals surface area contributed by atoms with E-state index in [0.29, 0.717) is 13.0 Å². The first-order valence-electron chi connectivity index (χ1n) is 8.30. The van der Waals surface area contributed by atoms with Crippen molar-refractivity contribution < 1.29 is 9.90 Å². The van der Waals surface area contributed by atoms with Gasteiger partial charge in [-0.15, -0.1) is 0 Å². The van der Waals surface area contributed by atoms with Crippen molar-refractivity contribution in [2.75, 3.05) is 19.6 Å². The molecule has 1 aliphatic heterocycles. The second kappa shape index (κ2) is 8.26. The molecular weight excluding hydrogens is 292 g/mol. The van der Waals surface area contributed by atoms with Crippen molar-refractivity contribution in [1.82, 2.24) is 20.5 Å². The summed E-state index contributed by atoms with van der Waals surface area (Å²) < 4.78 is 0. The van der Waals surface area contributed by atoms with Gasteiger partial charge in [0.2, 0.25) is 0 Å². The fraction of sp³-hybridized carbons (Fsp3) is 0.647. The van der Waals surface area contributed by atoms with Gasteiger partial charge in [-0.3, -0.25) is 9.88 Å². The number of nitrogens with one attached hydrogen (secondary N) is 2. The zero-order chi connectivity index (χ0) is 16.7. The van der Waals surface area contributed by atoms with E-state index in [0.717, 1.165) is 32.5 Å². The molecule has 2 amide bonds. The highest BCUT2D eigenvalue weighted by Gasteiger charge is 2.21. The summed E-state index contributed by atoms with van der Waals surface area (Å²) in [6.07, 6.45) is 6.11. The van der Waals surface area contributed by atoms with Crippen LogP contribution < -0.4 is 10.6 Å². The van der Waals surface area contributed by atoms with Crippen LogP contribution in [0.25, 0.3) is 0 Å². The van der Waals surface area contributed by atoms with Gasteiger partial charge in [0.25, 0.3) is 0 Å². The van der Waals surface area contributed by atoms with Crippen LogP contribution >= 0.6 is 0 Å². The lowest BCUT2D eigenvalue weighted by Crippen LogP contribution is -2.48. The number of hydrogen-bond acceptors (Lipinski definition) is 4. The smallest absolute Gasteiger partial charge is 0.315 e. The van der Waals surface area contributed by atoms with Gasteiger partial charge < -0.3 is 15.7 Å². The molecule has 2 rings (SSSR count). The summed E-state index contributed by atoms with van der Waals surface area (Å²) in [6, 6.07) is 4.17. The first kappa shape index (κ1) is 17.7. The Morgan fingerprint density at radius 1 is 1.35 bits per heavy atom. The number of carbonyl (C=O) groups excluding carboxylic acids is 1. The lowest BCUT2D eigenvalue weighted by atomic mass is 10.0. The standard InChI is InChI=1S/C17H28N4O2/c1-17(2,23)7-10-19-16(22)20-15-5-11-21(12-6-15)13-14-3-8-18-9-4-14/h3-4,8-9,15,23H,5-7,10-13H2,1-2H3,(H2,19,20,22). The quantitative estimate of drug-likeness (QED) is 0.742. The van der Waals surface area contributed by atoms with E-state index in [4.69, 9.17) is 0 Å². The van der Waals surface area contributed by atoms with Crippen LogP contribution in [0.2, 0.25) is 0 Å². The molecule has 1 aromatic heterocycles. The number of rotatable bonds is 6. The molecule has 0 saturated carbocycles. The number of amides is 2. The van der Waals surface area contributed by atoms with E-state index in [2.05, 4.69) is 20.5 Å². The maximum atomic E-state index is 11.8. The maximum Gasteiger partial charge on any atom is 0.315 e. The molecule has 0 spiro atoms. The Hall–Kier alpha value is -1.66. The summed E-state index contributed by atoms with van der Waals surface area (Å²) in [6.45, 7) is 6.87. The molecule has 1 fully saturated rings. The average molecular weight is 320 g/mol. The minimum Gasteiger partial charge on any atom is -0.390 e. The van der Waals surface area contributed by atoms with Gasteiger partial charge in [0.1, 0.15) is 0 Å². The molecule has 0 bridgehead atoms. The highest BCUT2D eigenvalue weighted by atomic mass is 16.3. The topological polar surface area (TPSA) is 77.5 Å². The van der Waals surface area contributed by atoms with Crippen molar-refractivity contribution in [3.8, 4) is 0 Å². The lowest BCUT2D eigenvalue weighted by Gasteiger charge is -2.32. The van der Waals surface area contributed by atoms with Crippen LogP contribution in [-0.4, -0.2) is 52.3 Å². The predicted molar refractivity (Wildman–Crippen MR) is 90.0 cm³/mol. The minimum atomic E-state index is -0.744.